The lowest BCUT2D eigenvalue weighted by atomic mass is 9.98. The van der Waals surface area contributed by atoms with Gasteiger partial charge in [0.2, 0.25) is 0 Å². The van der Waals surface area contributed by atoms with E-state index in [2.05, 4.69) is 20.6 Å². The van der Waals surface area contributed by atoms with Crippen LogP contribution in [0.1, 0.15) is 18.4 Å². The predicted molar refractivity (Wildman–Crippen MR) is 131 cm³/mol. The molecule has 0 saturated carbocycles. The maximum Gasteiger partial charge on any atom is 0.268 e. The van der Waals surface area contributed by atoms with Gasteiger partial charge in [0.25, 0.3) is 10.0 Å². The molecular weight excluding hydrogens is 434 g/mol. The Balaban J connectivity index is 1.51. The van der Waals surface area contributed by atoms with Gasteiger partial charge in [-0.05, 0) is 74.7 Å². The summed E-state index contributed by atoms with van der Waals surface area (Å²) in [7, 11) is -3.76. The van der Waals surface area contributed by atoms with Crippen LogP contribution in [0.3, 0.4) is 0 Å². The zero-order valence-electron chi connectivity index (χ0n) is 18.5. The third kappa shape index (κ3) is 4.36. The van der Waals surface area contributed by atoms with Crippen LogP contribution in [-0.4, -0.2) is 42.0 Å². The molecule has 0 unspecified atom stereocenters. The van der Waals surface area contributed by atoms with E-state index >= 15 is 0 Å². The lowest BCUT2D eigenvalue weighted by Gasteiger charge is -2.23. The quantitative estimate of drug-likeness (QED) is 0.450. The summed E-state index contributed by atoms with van der Waals surface area (Å²) in [6, 6.07) is 12.6. The second-order valence-corrected chi connectivity index (χ2v) is 10.4. The van der Waals surface area contributed by atoms with E-state index in [9.17, 15) is 8.42 Å². The molecule has 2 N–H and O–H groups in total. The van der Waals surface area contributed by atoms with Crippen LogP contribution in [0.25, 0.3) is 22.0 Å². The molecule has 1 aliphatic heterocycles. The van der Waals surface area contributed by atoms with Crippen molar-refractivity contribution >= 4 is 26.7 Å². The normalized spacial score (nSPS) is 15.1. The summed E-state index contributed by atoms with van der Waals surface area (Å²) in [5, 5.41) is 7.68. The van der Waals surface area contributed by atoms with Gasteiger partial charge in [-0.15, -0.1) is 0 Å². The third-order valence-electron chi connectivity index (χ3n) is 6.25. The van der Waals surface area contributed by atoms with Crippen molar-refractivity contribution in [2.24, 2.45) is 5.92 Å². The molecule has 5 rings (SSSR count). The van der Waals surface area contributed by atoms with Crippen LogP contribution < -0.4 is 10.6 Å². The molecule has 0 bridgehead atoms. The minimum Gasteiger partial charge on any atom is -0.370 e. The van der Waals surface area contributed by atoms with Crippen LogP contribution >= 0.6 is 0 Å². The van der Waals surface area contributed by atoms with Crippen molar-refractivity contribution in [2.45, 2.75) is 24.7 Å². The number of anilines is 1. The lowest BCUT2D eigenvalue weighted by Crippen LogP contribution is -2.31. The average Bonchev–Trinajstić information content (AvgIpc) is 3.25. The van der Waals surface area contributed by atoms with Gasteiger partial charge in [-0.1, -0.05) is 17.7 Å². The lowest BCUT2D eigenvalue weighted by molar-refractivity contribution is 0.389. The van der Waals surface area contributed by atoms with Crippen molar-refractivity contribution in [1.82, 2.24) is 19.3 Å². The molecule has 1 saturated heterocycles. The Morgan fingerprint density at radius 2 is 1.88 bits per heavy atom. The highest BCUT2D eigenvalue weighted by Gasteiger charge is 2.22. The first-order chi connectivity index (χ1) is 16.0. The number of piperidine rings is 1. The van der Waals surface area contributed by atoms with Crippen LogP contribution in [-0.2, 0) is 10.0 Å². The highest BCUT2D eigenvalue weighted by atomic mass is 32.2. The first-order valence-corrected chi connectivity index (χ1v) is 12.6. The van der Waals surface area contributed by atoms with Gasteiger partial charge in [-0.2, -0.15) is 0 Å². The number of aromatic nitrogens is 3. The van der Waals surface area contributed by atoms with Crippen molar-refractivity contribution in [3.63, 3.8) is 0 Å². The largest absolute Gasteiger partial charge is 0.370 e. The van der Waals surface area contributed by atoms with Crippen LogP contribution in [0.15, 0.2) is 72.1 Å². The number of hydrogen-bond donors (Lipinski definition) is 2. The van der Waals surface area contributed by atoms with Crippen LogP contribution in [0.4, 0.5) is 5.82 Å². The molecule has 1 fully saturated rings. The summed E-state index contributed by atoms with van der Waals surface area (Å²) in [6.45, 7) is 4.93. The average molecular weight is 462 g/mol. The number of pyridine rings is 2. The van der Waals surface area contributed by atoms with Gasteiger partial charge >= 0.3 is 0 Å². The fourth-order valence-electron chi connectivity index (χ4n) is 4.33. The van der Waals surface area contributed by atoms with E-state index < -0.39 is 10.0 Å². The molecule has 4 heterocycles. The molecule has 170 valence electrons. The topological polar surface area (TPSA) is 88.9 Å². The Bertz CT molecular complexity index is 1370. The Morgan fingerprint density at radius 3 is 2.67 bits per heavy atom. The van der Waals surface area contributed by atoms with Gasteiger partial charge in [0, 0.05) is 36.1 Å². The van der Waals surface area contributed by atoms with E-state index in [4.69, 9.17) is 0 Å². The smallest absolute Gasteiger partial charge is 0.268 e. The molecule has 0 aliphatic carbocycles. The number of rotatable bonds is 6. The minimum absolute atomic E-state index is 0.249. The van der Waals surface area contributed by atoms with E-state index in [0.29, 0.717) is 11.4 Å². The minimum atomic E-state index is -3.76. The van der Waals surface area contributed by atoms with Crippen molar-refractivity contribution in [3.8, 4) is 11.1 Å². The first kappa shape index (κ1) is 21.6. The van der Waals surface area contributed by atoms with Gasteiger partial charge in [-0.25, -0.2) is 17.4 Å². The summed E-state index contributed by atoms with van der Waals surface area (Å²) in [6.07, 6.45) is 9.05. The fraction of sp³-hybridized carbons (Fsp3) is 0.280. The zero-order valence-corrected chi connectivity index (χ0v) is 19.3. The molecule has 8 heteroatoms. The summed E-state index contributed by atoms with van der Waals surface area (Å²) >= 11 is 0. The van der Waals surface area contributed by atoms with Gasteiger partial charge in [-0.3, -0.25) is 4.98 Å². The molecule has 33 heavy (non-hydrogen) atoms. The summed E-state index contributed by atoms with van der Waals surface area (Å²) in [5.74, 6) is 1.42. The van der Waals surface area contributed by atoms with E-state index in [0.717, 1.165) is 60.4 Å². The van der Waals surface area contributed by atoms with Crippen molar-refractivity contribution < 1.29 is 8.42 Å². The summed E-state index contributed by atoms with van der Waals surface area (Å²) in [5.41, 5.74) is 3.30. The molecule has 1 aromatic carbocycles. The number of hydrogen-bond acceptors (Lipinski definition) is 6. The van der Waals surface area contributed by atoms with Gasteiger partial charge in [0.15, 0.2) is 0 Å². The maximum atomic E-state index is 13.5. The molecule has 0 amide bonds. The summed E-state index contributed by atoms with van der Waals surface area (Å²) < 4.78 is 28.2. The highest BCUT2D eigenvalue weighted by Crippen LogP contribution is 2.33. The second-order valence-electron chi connectivity index (χ2n) is 8.55. The molecule has 0 atom stereocenters. The monoisotopic (exact) mass is 461 g/mol. The van der Waals surface area contributed by atoms with E-state index in [1.165, 1.54) is 3.97 Å². The van der Waals surface area contributed by atoms with Crippen molar-refractivity contribution in [3.05, 3.63) is 72.8 Å². The Labute approximate surface area is 193 Å². The second kappa shape index (κ2) is 8.96. The number of benzene rings is 1. The molecule has 0 spiro atoms. The van der Waals surface area contributed by atoms with Gasteiger partial charge < -0.3 is 10.6 Å². The summed E-state index contributed by atoms with van der Waals surface area (Å²) in [4.78, 5) is 8.91. The number of aryl methyl sites for hydroxylation is 1. The Kier molecular flexibility index (Phi) is 5.86. The van der Waals surface area contributed by atoms with Crippen LogP contribution in [0, 0.1) is 12.8 Å². The predicted octanol–water partition coefficient (Wildman–Crippen LogP) is 4.06. The standard InChI is InChI=1S/C25H27N5O2S/c1-18-2-4-21(5-3-18)33(31,32)30-17-23(22-9-12-27-16-24(22)30)20-8-13-28-25(14-20)29-15-19-6-10-26-11-7-19/h2-5,8-9,12-14,16-17,19,26H,6-7,10-11,15H2,1H3,(H,28,29). The number of nitrogens with one attached hydrogen (secondary N) is 2. The molecule has 3 aromatic heterocycles. The van der Waals surface area contributed by atoms with Crippen LogP contribution in [0.5, 0.6) is 0 Å². The molecular formula is C25H27N5O2S. The fourth-order valence-corrected chi connectivity index (χ4v) is 5.68. The zero-order chi connectivity index (χ0) is 22.8. The third-order valence-corrected chi connectivity index (χ3v) is 7.94. The number of fused-ring (bicyclic) bond motifs is 1. The first-order valence-electron chi connectivity index (χ1n) is 11.2. The van der Waals surface area contributed by atoms with E-state index in [1.807, 2.05) is 25.1 Å². The highest BCUT2D eigenvalue weighted by molar-refractivity contribution is 7.90. The van der Waals surface area contributed by atoms with Crippen LogP contribution in [0.2, 0.25) is 0 Å². The van der Waals surface area contributed by atoms with Crippen molar-refractivity contribution in [1.29, 1.82) is 0 Å². The maximum absolute atomic E-state index is 13.5. The van der Waals surface area contributed by atoms with Gasteiger partial charge in [0.05, 0.1) is 16.6 Å². The SMILES string of the molecule is Cc1ccc(S(=O)(=O)n2cc(-c3ccnc(NCC4CCNCC4)c3)c3ccncc32)cc1. The van der Waals surface area contributed by atoms with Crippen molar-refractivity contribution in [2.75, 3.05) is 25.0 Å². The van der Waals surface area contributed by atoms with Gasteiger partial charge in [0.1, 0.15) is 5.82 Å². The van der Waals surface area contributed by atoms with E-state index in [-0.39, 0.29) is 4.90 Å². The van der Waals surface area contributed by atoms with E-state index in [1.54, 1.807) is 49.1 Å². The number of nitrogens with zero attached hydrogens (tertiary/aromatic N) is 3. The molecule has 4 aromatic rings. The Hall–Kier alpha value is -3.23. The Morgan fingerprint density at radius 1 is 1.09 bits per heavy atom. The molecule has 1 aliphatic rings. The molecule has 0 radical (unpaired) electrons. The molecule has 7 nitrogen and oxygen atoms in total.